The Morgan fingerprint density at radius 2 is 1.87 bits per heavy atom. The normalized spacial score (nSPS) is 13.5. The highest BCUT2D eigenvalue weighted by atomic mass is 79.9. The molecular weight excluding hydrogens is 252 g/mol. The van der Waals surface area contributed by atoms with Gasteiger partial charge in [-0.2, -0.15) is 0 Å². The molecular formula is C12H19BrN2. The van der Waals surface area contributed by atoms with Crippen LogP contribution in [0.5, 0.6) is 0 Å². The van der Waals surface area contributed by atoms with Gasteiger partial charge in [0.2, 0.25) is 0 Å². The van der Waals surface area contributed by atoms with Crippen molar-refractivity contribution < 1.29 is 0 Å². The van der Waals surface area contributed by atoms with Gasteiger partial charge in [-0.1, -0.05) is 43.6 Å². The summed E-state index contributed by atoms with van der Waals surface area (Å²) >= 11 is 3.68. The SMILES string of the molecule is CC(C)c1cc(CC(Br)C(C)C)ncn1. The van der Waals surface area contributed by atoms with E-state index in [1.807, 2.05) is 0 Å². The molecule has 15 heavy (non-hydrogen) atoms. The first-order valence-corrected chi connectivity index (χ1v) is 6.37. The average molecular weight is 271 g/mol. The van der Waals surface area contributed by atoms with Crippen LogP contribution in [0, 0.1) is 5.92 Å². The number of rotatable bonds is 4. The molecule has 84 valence electrons. The van der Waals surface area contributed by atoms with Crippen molar-refractivity contribution in [3.8, 4) is 0 Å². The number of hydrogen-bond donors (Lipinski definition) is 0. The van der Waals surface area contributed by atoms with Crippen LogP contribution >= 0.6 is 15.9 Å². The second-order valence-corrected chi connectivity index (χ2v) is 5.73. The number of halogens is 1. The topological polar surface area (TPSA) is 25.8 Å². The molecule has 1 unspecified atom stereocenters. The smallest absolute Gasteiger partial charge is 0.115 e. The summed E-state index contributed by atoms with van der Waals surface area (Å²) in [7, 11) is 0. The summed E-state index contributed by atoms with van der Waals surface area (Å²) < 4.78 is 0. The Hall–Kier alpha value is -0.440. The highest BCUT2D eigenvalue weighted by molar-refractivity contribution is 9.09. The van der Waals surface area contributed by atoms with Gasteiger partial charge in [0.05, 0.1) is 0 Å². The van der Waals surface area contributed by atoms with E-state index in [4.69, 9.17) is 0 Å². The van der Waals surface area contributed by atoms with E-state index in [9.17, 15) is 0 Å². The highest BCUT2D eigenvalue weighted by Crippen LogP contribution is 2.18. The fraction of sp³-hybridized carbons (Fsp3) is 0.667. The van der Waals surface area contributed by atoms with E-state index in [0.717, 1.165) is 17.8 Å². The van der Waals surface area contributed by atoms with E-state index >= 15 is 0 Å². The zero-order chi connectivity index (χ0) is 11.4. The molecule has 0 spiro atoms. The van der Waals surface area contributed by atoms with Gasteiger partial charge in [0.15, 0.2) is 0 Å². The first-order chi connectivity index (χ1) is 7.00. The van der Waals surface area contributed by atoms with Crippen molar-refractivity contribution in [2.24, 2.45) is 5.92 Å². The summed E-state index contributed by atoms with van der Waals surface area (Å²) in [6.45, 7) is 8.73. The maximum absolute atomic E-state index is 4.30. The van der Waals surface area contributed by atoms with Crippen LogP contribution in [0.2, 0.25) is 0 Å². The van der Waals surface area contributed by atoms with Gasteiger partial charge in [0.25, 0.3) is 0 Å². The zero-order valence-corrected chi connectivity index (χ0v) is 11.5. The molecule has 0 saturated carbocycles. The zero-order valence-electron chi connectivity index (χ0n) is 9.87. The Morgan fingerprint density at radius 3 is 2.40 bits per heavy atom. The van der Waals surface area contributed by atoms with E-state index in [1.54, 1.807) is 6.33 Å². The largest absolute Gasteiger partial charge is 0.241 e. The predicted octanol–water partition coefficient (Wildman–Crippen LogP) is 3.56. The number of hydrogen-bond acceptors (Lipinski definition) is 2. The van der Waals surface area contributed by atoms with Gasteiger partial charge in [0.1, 0.15) is 6.33 Å². The quantitative estimate of drug-likeness (QED) is 0.782. The Bertz CT molecular complexity index is 310. The third kappa shape index (κ3) is 3.90. The second-order valence-electron chi connectivity index (χ2n) is 4.55. The van der Waals surface area contributed by atoms with Gasteiger partial charge < -0.3 is 0 Å². The molecule has 0 aliphatic carbocycles. The fourth-order valence-corrected chi connectivity index (χ4v) is 1.61. The lowest BCUT2D eigenvalue weighted by atomic mass is 10.0. The molecule has 0 amide bonds. The molecule has 1 rings (SSSR count). The molecule has 0 saturated heterocycles. The summed E-state index contributed by atoms with van der Waals surface area (Å²) in [5.74, 6) is 1.10. The minimum absolute atomic E-state index is 0.472. The lowest BCUT2D eigenvalue weighted by Gasteiger charge is -2.13. The van der Waals surface area contributed by atoms with Crippen LogP contribution in [0.3, 0.4) is 0 Å². The van der Waals surface area contributed by atoms with E-state index in [0.29, 0.717) is 16.7 Å². The Labute approximate surface area is 101 Å². The molecule has 0 fully saturated rings. The standard InChI is InChI=1S/C12H19BrN2/c1-8(2)11(13)5-10-6-12(9(3)4)15-7-14-10/h6-9,11H,5H2,1-4H3. The van der Waals surface area contributed by atoms with Crippen molar-refractivity contribution >= 4 is 15.9 Å². The second kappa shape index (κ2) is 5.59. The first kappa shape index (κ1) is 12.6. The summed E-state index contributed by atoms with van der Waals surface area (Å²) in [4.78, 5) is 9.06. The fourth-order valence-electron chi connectivity index (χ4n) is 1.28. The molecule has 1 heterocycles. The van der Waals surface area contributed by atoms with Gasteiger partial charge >= 0.3 is 0 Å². The van der Waals surface area contributed by atoms with Crippen LogP contribution in [0.4, 0.5) is 0 Å². The molecule has 0 aromatic carbocycles. The van der Waals surface area contributed by atoms with Crippen LogP contribution < -0.4 is 0 Å². The van der Waals surface area contributed by atoms with Gasteiger partial charge in [-0.25, -0.2) is 9.97 Å². The molecule has 0 bridgehead atoms. The molecule has 0 aliphatic rings. The maximum atomic E-state index is 4.30. The minimum Gasteiger partial charge on any atom is -0.241 e. The number of aromatic nitrogens is 2. The van der Waals surface area contributed by atoms with Crippen molar-refractivity contribution in [1.29, 1.82) is 0 Å². The molecule has 0 N–H and O–H groups in total. The predicted molar refractivity (Wildman–Crippen MR) is 67.4 cm³/mol. The maximum Gasteiger partial charge on any atom is 0.115 e. The van der Waals surface area contributed by atoms with Crippen LogP contribution in [0.1, 0.15) is 45.0 Å². The van der Waals surface area contributed by atoms with E-state index in [-0.39, 0.29) is 0 Å². The summed E-state index contributed by atoms with van der Waals surface area (Å²) in [5.41, 5.74) is 2.26. The van der Waals surface area contributed by atoms with E-state index in [2.05, 4.69) is 59.7 Å². The van der Waals surface area contributed by atoms with Crippen LogP contribution in [-0.4, -0.2) is 14.8 Å². The Morgan fingerprint density at radius 1 is 1.20 bits per heavy atom. The third-order valence-electron chi connectivity index (χ3n) is 2.46. The van der Waals surface area contributed by atoms with E-state index in [1.165, 1.54) is 0 Å². The van der Waals surface area contributed by atoms with Gasteiger partial charge in [-0.3, -0.25) is 0 Å². The van der Waals surface area contributed by atoms with Crippen LogP contribution in [-0.2, 0) is 6.42 Å². The van der Waals surface area contributed by atoms with Crippen LogP contribution in [0.15, 0.2) is 12.4 Å². The molecule has 1 aromatic heterocycles. The highest BCUT2D eigenvalue weighted by Gasteiger charge is 2.11. The Kier molecular flexibility index (Phi) is 4.71. The molecule has 1 aromatic rings. The summed E-state index contributed by atoms with van der Waals surface area (Å²) in [5, 5.41) is 0. The first-order valence-electron chi connectivity index (χ1n) is 5.45. The summed E-state index contributed by atoms with van der Waals surface area (Å²) in [6.07, 6.45) is 2.64. The van der Waals surface area contributed by atoms with Gasteiger partial charge in [-0.05, 0) is 17.9 Å². The van der Waals surface area contributed by atoms with Crippen molar-refractivity contribution in [3.63, 3.8) is 0 Å². The van der Waals surface area contributed by atoms with Crippen molar-refractivity contribution in [3.05, 3.63) is 23.8 Å². The molecule has 3 heteroatoms. The van der Waals surface area contributed by atoms with Crippen molar-refractivity contribution in [2.45, 2.75) is 44.9 Å². The van der Waals surface area contributed by atoms with Crippen molar-refractivity contribution in [2.75, 3.05) is 0 Å². The molecule has 1 atom stereocenters. The monoisotopic (exact) mass is 270 g/mol. The average Bonchev–Trinajstić information content (AvgIpc) is 2.18. The lowest BCUT2D eigenvalue weighted by Crippen LogP contribution is -2.12. The molecule has 0 aliphatic heterocycles. The molecule has 2 nitrogen and oxygen atoms in total. The minimum atomic E-state index is 0.472. The number of nitrogens with zero attached hydrogens (tertiary/aromatic N) is 2. The Balaban J connectivity index is 2.73. The van der Waals surface area contributed by atoms with Crippen molar-refractivity contribution in [1.82, 2.24) is 9.97 Å². The van der Waals surface area contributed by atoms with Gasteiger partial charge in [-0.15, -0.1) is 0 Å². The van der Waals surface area contributed by atoms with Gasteiger partial charge in [0, 0.05) is 22.6 Å². The molecule has 0 radical (unpaired) electrons. The lowest BCUT2D eigenvalue weighted by molar-refractivity contribution is 0.605. The summed E-state index contributed by atoms with van der Waals surface area (Å²) in [6, 6.07) is 2.11. The third-order valence-corrected chi connectivity index (χ3v) is 3.84. The van der Waals surface area contributed by atoms with E-state index < -0.39 is 0 Å². The number of alkyl halides is 1. The van der Waals surface area contributed by atoms with Crippen LogP contribution in [0.25, 0.3) is 0 Å².